The second-order valence-corrected chi connectivity index (χ2v) is 10.3. The Kier molecular flexibility index (Phi) is 4.62. The number of thiazole rings is 1. The lowest BCUT2D eigenvalue weighted by atomic mass is 9.70. The number of fused-ring (bicyclic) bond motifs is 3. The maximum absolute atomic E-state index is 14.9. The predicted molar refractivity (Wildman–Crippen MR) is 113 cm³/mol. The largest absolute Gasteiger partial charge is 0.478 e. The number of aliphatic carboxylic acids is 1. The van der Waals surface area contributed by atoms with Gasteiger partial charge in [-0.25, -0.2) is 18.6 Å². The zero-order chi connectivity index (χ0) is 22.1. The van der Waals surface area contributed by atoms with Crippen LogP contribution < -0.4 is 0 Å². The molecule has 0 spiro atoms. The van der Waals surface area contributed by atoms with Crippen molar-refractivity contribution < 1.29 is 28.2 Å². The van der Waals surface area contributed by atoms with Gasteiger partial charge < -0.3 is 14.7 Å². The van der Waals surface area contributed by atoms with Crippen molar-refractivity contribution in [3.63, 3.8) is 0 Å². The lowest BCUT2D eigenvalue weighted by Gasteiger charge is -2.58. The minimum atomic E-state index is -1.85. The van der Waals surface area contributed by atoms with E-state index in [4.69, 9.17) is 9.72 Å². The molecule has 8 unspecified atom stereocenters. The number of carbonyl (C=O) groups excluding carboxylic acids is 1. The highest BCUT2D eigenvalue weighted by molar-refractivity contribution is 7.18. The van der Waals surface area contributed by atoms with E-state index < -0.39 is 42.2 Å². The number of carboxylic acids is 1. The Morgan fingerprint density at radius 3 is 2.81 bits per heavy atom. The molecule has 4 aliphatic rings. The van der Waals surface area contributed by atoms with Gasteiger partial charge in [-0.3, -0.25) is 4.79 Å². The number of para-hydroxylation sites is 1. The number of benzene rings is 1. The molecule has 32 heavy (non-hydrogen) atoms. The SMILES string of the molecule is O=C(O)C1=CN2C3CCC(c4nc5ccccc5s4)CC3OC3C(F)C(F)CC(C1=O)C32. The molecule has 168 valence electrons. The molecule has 3 fully saturated rings. The standard InChI is InChI=1S/C23H22F2N2O4S/c24-13-8-11-19-21(18(13)25)31-16-7-10(22-26-14-3-1-2-4-17(14)32-22)5-6-15(16)27(19)9-12(20(11)28)23(29)30/h1-4,9-11,13,15-16,18-19,21H,5-8H2,(H,29,30). The summed E-state index contributed by atoms with van der Waals surface area (Å²) in [5, 5.41) is 10.6. The fourth-order valence-electron chi connectivity index (χ4n) is 6.00. The highest BCUT2D eigenvalue weighted by atomic mass is 32.1. The van der Waals surface area contributed by atoms with Crippen molar-refractivity contribution in [2.75, 3.05) is 0 Å². The number of hydrogen-bond donors (Lipinski definition) is 1. The molecule has 0 bridgehead atoms. The van der Waals surface area contributed by atoms with Crippen molar-refractivity contribution in [3.05, 3.63) is 41.0 Å². The molecule has 1 aromatic carbocycles. The Labute approximate surface area is 186 Å². The molecule has 2 aliphatic heterocycles. The van der Waals surface area contributed by atoms with Crippen LogP contribution in [0.15, 0.2) is 36.0 Å². The number of carbonyl (C=O) groups is 2. The van der Waals surface area contributed by atoms with Gasteiger partial charge in [-0.05, 0) is 37.8 Å². The quantitative estimate of drug-likeness (QED) is 0.690. The molecule has 0 radical (unpaired) electrons. The summed E-state index contributed by atoms with van der Waals surface area (Å²) >= 11 is 1.64. The van der Waals surface area contributed by atoms with E-state index in [0.717, 1.165) is 21.6 Å². The first-order chi connectivity index (χ1) is 15.4. The second-order valence-electron chi connectivity index (χ2n) is 9.19. The predicted octanol–water partition coefficient (Wildman–Crippen LogP) is 3.62. The molecule has 1 N–H and O–H groups in total. The molecule has 1 aromatic heterocycles. The third-order valence-corrected chi connectivity index (χ3v) is 8.67. The van der Waals surface area contributed by atoms with Gasteiger partial charge in [0.25, 0.3) is 0 Å². The van der Waals surface area contributed by atoms with E-state index in [-0.39, 0.29) is 30.1 Å². The summed E-state index contributed by atoms with van der Waals surface area (Å²) in [5.41, 5.74) is 0.602. The molecule has 0 amide bonds. The van der Waals surface area contributed by atoms with E-state index in [1.807, 2.05) is 29.2 Å². The summed E-state index contributed by atoms with van der Waals surface area (Å²) in [5.74, 6) is -2.71. The van der Waals surface area contributed by atoms with E-state index in [1.54, 1.807) is 11.3 Å². The Balaban J connectivity index is 1.34. The summed E-state index contributed by atoms with van der Waals surface area (Å²) in [6.07, 6.45) is -1.97. The Morgan fingerprint density at radius 2 is 2.03 bits per heavy atom. The third kappa shape index (κ3) is 2.94. The fourth-order valence-corrected chi connectivity index (χ4v) is 7.11. The summed E-state index contributed by atoms with van der Waals surface area (Å²) in [6.45, 7) is 0. The average Bonchev–Trinajstić information content (AvgIpc) is 3.22. The van der Waals surface area contributed by atoms with Gasteiger partial charge in [-0.1, -0.05) is 12.1 Å². The van der Waals surface area contributed by atoms with Gasteiger partial charge in [-0.15, -0.1) is 11.3 Å². The lowest BCUT2D eigenvalue weighted by Crippen LogP contribution is -2.70. The van der Waals surface area contributed by atoms with Crippen molar-refractivity contribution >= 4 is 33.3 Å². The van der Waals surface area contributed by atoms with Gasteiger partial charge in [0.05, 0.1) is 33.4 Å². The maximum Gasteiger partial charge on any atom is 0.340 e. The third-order valence-electron chi connectivity index (χ3n) is 7.47. The fraction of sp³-hybridized carbons (Fsp3) is 0.522. The molecule has 6 nitrogen and oxygen atoms in total. The lowest BCUT2D eigenvalue weighted by molar-refractivity contribution is -0.211. The molecular formula is C23H22F2N2O4S. The molecule has 9 heteroatoms. The topological polar surface area (TPSA) is 79.7 Å². The van der Waals surface area contributed by atoms with E-state index in [2.05, 4.69) is 0 Å². The zero-order valence-corrected chi connectivity index (χ0v) is 17.9. The molecule has 6 rings (SSSR count). The van der Waals surface area contributed by atoms with Crippen LogP contribution in [0.5, 0.6) is 0 Å². The Hall–Kier alpha value is -2.39. The van der Waals surface area contributed by atoms with Gasteiger partial charge in [0, 0.05) is 18.0 Å². The number of carboxylic acid groups (broad SMARTS) is 1. The van der Waals surface area contributed by atoms with Gasteiger partial charge in [0.15, 0.2) is 12.0 Å². The van der Waals surface area contributed by atoms with Crippen LogP contribution in [-0.4, -0.2) is 63.4 Å². The van der Waals surface area contributed by atoms with E-state index in [1.165, 1.54) is 6.20 Å². The Morgan fingerprint density at radius 1 is 1.22 bits per heavy atom. The van der Waals surface area contributed by atoms with Crippen LogP contribution in [0.25, 0.3) is 10.2 Å². The summed E-state index contributed by atoms with van der Waals surface area (Å²) in [6, 6.07) is 7.10. The van der Waals surface area contributed by atoms with Gasteiger partial charge in [-0.2, -0.15) is 0 Å². The molecule has 8 atom stereocenters. The van der Waals surface area contributed by atoms with Crippen LogP contribution in [0.1, 0.15) is 36.6 Å². The van der Waals surface area contributed by atoms with Crippen molar-refractivity contribution in [2.45, 2.75) is 68.2 Å². The highest BCUT2D eigenvalue weighted by Gasteiger charge is 2.59. The average molecular weight is 461 g/mol. The Bertz CT molecular complexity index is 1100. The number of morpholine rings is 1. The van der Waals surface area contributed by atoms with Crippen LogP contribution in [0.3, 0.4) is 0 Å². The summed E-state index contributed by atoms with van der Waals surface area (Å²) in [7, 11) is 0. The molecule has 2 aromatic rings. The van der Waals surface area contributed by atoms with E-state index in [0.29, 0.717) is 12.8 Å². The van der Waals surface area contributed by atoms with Crippen LogP contribution in [-0.2, 0) is 14.3 Å². The van der Waals surface area contributed by atoms with Crippen molar-refractivity contribution in [3.8, 4) is 0 Å². The number of halogens is 2. The smallest absolute Gasteiger partial charge is 0.340 e. The number of alkyl halides is 2. The first-order valence-electron chi connectivity index (χ1n) is 11.0. The number of rotatable bonds is 2. The van der Waals surface area contributed by atoms with Crippen LogP contribution in [0, 0.1) is 5.92 Å². The van der Waals surface area contributed by atoms with Crippen LogP contribution in [0.4, 0.5) is 8.78 Å². The van der Waals surface area contributed by atoms with Crippen molar-refractivity contribution in [1.29, 1.82) is 0 Å². The summed E-state index contributed by atoms with van der Waals surface area (Å²) < 4.78 is 36.7. The number of ketones is 1. The molecule has 2 aliphatic carbocycles. The van der Waals surface area contributed by atoms with Gasteiger partial charge in [0.2, 0.25) is 0 Å². The number of aromatic nitrogens is 1. The first-order valence-corrected chi connectivity index (χ1v) is 11.8. The minimum Gasteiger partial charge on any atom is -0.478 e. The van der Waals surface area contributed by atoms with E-state index >= 15 is 0 Å². The molecule has 3 heterocycles. The van der Waals surface area contributed by atoms with Crippen molar-refractivity contribution in [1.82, 2.24) is 9.88 Å². The molecule has 1 saturated heterocycles. The molecular weight excluding hydrogens is 438 g/mol. The van der Waals surface area contributed by atoms with Gasteiger partial charge >= 0.3 is 5.97 Å². The van der Waals surface area contributed by atoms with Crippen LogP contribution in [0.2, 0.25) is 0 Å². The summed E-state index contributed by atoms with van der Waals surface area (Å²) in [4.78, 5) is 31.0. The monoisotopic (exact) mass is 460 g/mol. The minimum absolute atomic E-state index is 0.137. The zero-order valence-electron chi connectivity index (χ0n) is 17.1. The van der Waals surface area contributed by atoms with E-state index in [9.17, 15) is 23.5 Å². The second kappa shape index (κ2) is 7.31. The number of ether oxygens (including phenoxy) is 1. The number of Topliss-reactive ketones (excluding diaryl/α,β-unsaturated/α-hetero) is 1. The maximum atomic E-state index is 14.9. The first kappa shape index (κ1) is 20.2. The van der Waals surface area contributed by atoms with Crippen LogP contribution >= 0.6 is 11.3 Å². The number of hydrogen-bond acceptors (Lipinski definition) is 6. The highest BCUT2D eigenvalue weighted by Crippen LogP contribution is 2.48. The van der Waals surface area contributed by atoms with Gasteiger partial charge in [0.1, 0.15) is 17.8 Å². The molecule has 2 saturated carbocycles. The van der Waals surface area contributed by atoms with Crippen molar-refractivity contribution in [2.24, 2.45) is 5.92 Å². The number of nitrogens with zero attached hydrogens (tertiary/aromatic N) is 2. The normalized spacial score (nSPS) is 38.8.